The number of nitrogens with one attached hydrogen (secondary N) is 1. The monoisotopic (exact) mass is 292 g/mol. The molecule has 1 saturated heterocycles. The van der Waals surface area contributed by atoms with Crippen molar-refractivity contribution >= 4 is 28.8 Å². The van der Waals surface area contributed by atoms with E-state index in [9.17, 15) is 4.79 Å². The number of hydrogen-bond donors (Lipinski definition) is 2. The molecule has 0 aromatic carbocycles. The van der Waals surface area contributed by atoms with Crippen LogP contribution in [0.15, 0.2) is 4.99 Å². The van der Waals surface area contributed by atoms with Crippen molar-refractivity contribution < 1.29 is 4.79 Å². The van der Waals surface area contributed by atoms with E-state index in [4.69, 9.17) is 5.73 Å². The first kappa shape index (κ1) is 15.2. The number of nitrogens with two attached hydrogens (primary N) is 1. The summed E-state index contributed by atoms with van der Waals surface area (Å²) < 4.78 is 0. The summed E-state index contributed by atoms with van der Waals surface area (Å²) in [6, 6.07) is 0. The van der Waals surface area contributed by atoms with Gasteiger partial charge in [0, 0.05) is 33.1 Å². The molecule has 0 aromatic heterocycles. The van der Waals surface area contributed by atoms with Crippen LogP contribution in [0.5, 0.6) is 0 Å². The van der Waals surface area contributed by atoms with Crippen molar-refractivity contribution in [2.75, 3.05) is 26.7 Å². The van der Waals surface area contributed by atoms with Crippen molar-refractivity contribution in [2.24, 2.45) is 10.7 Å². The van der Waals surface area contributed by atoms with Crippen molar-refractivity contribution in [3.63, 3.8) is 0 Å². The predicted molar refractivity (Wildman–Crippen MR) is 70.9 cm³/mol. The van der Waals surface area contributed by atoms with Crippen molar-refractivity contribution in [1.29, 1.82) is 0 Å². The first-order chi connectivity index (χ1) is 7.24. The molecule has 1 aliphatic heterocycles. The number of aliphatic imine (C=N–C) groups is 1. The molecular formula is C10H21BrN4O. The van der Waals surface area contributed by atoms with Crippen LogP contribution in [0.25, 0.3) is 0 Å². The maximum absolute atomic E-state index is 11.7. The Kier molecular flexibility index (Phi) is 7.97. The maximum atomic E-state index is 11.7. The lowest BCUT2D eigenvalue weighted by Gasteiger charge is -2.26. The molecule has 0 aliphatic carbocycles. The van der Waals surface area contributed by atoms with Gasteiger partial charge < -0.3 is 16.0 Å². The van der Waals surface area contributed by atoms with Gasteiger partial charge in [-0.05, 0) is 19.3 Å². The highest BCUT2D eigenvalue weighted by molar-refractivity contribution is 8.93. The molecule has 0 saturated carbocycles. The van der Waals surface area contributed by atoms with E-state index in [0.717, 1.165) is 25.9 Å². The number of carbonyl (C=O) groups excluding carboxylic acids is 1. The highest BCUT2D eigenvalue weighted by atomic mass is 79.9. The Morgan fingerprint density at radius 1 is 1.38 bits per heavy atom. The SMILES string of the molecule is Br.CN=C(N)NCCC(=O)N1CCCCC1. The Bertz CT molecular complexity index is 239. The largest absolute Gasteiger partial charge is 0.370 e. The molecule has 0 aromatic rings. The van der Waals surface area contributed by atoms with Gasteiger partial charge in [-0.3, -0.25) is 9.79 Å². The number of carbonyl (C=O) groups is 1. The molecule has 5 nitrogen and oxygen atoms in total. The van der Waals surface area contributed by atoms with Crippen LogP contribution in [0.3, 0.4) is 0 Å². The average Bonchev–Trinajstić information content (AvgIpc) is 2.29. The summed E-state index contributed by atoms with van der Waals surface area (Å²) in [6.45, 7) is 2.39. The van der Waals surface area contributed by atoms with E-state index in [0.29, 0.717) is 18.9 Å². The van der Waals surface area contributed by atoms with Crippen molar-refractivity contribution in [3.05, 3.63) is 0 Å². The summed E-state index contributed by atoms with van der Waals surface area (Å²) in [5.74, 6) is 0.604. The third kappa shape index (κ3) is 5.34. The topological polar surface area (TPSA) is 70.7 Å². The highest BCUT2D eigenvalue weighted by Gasteiger charge is 2.15. The van der Waals surface area contributed by atoms with Crippen LogP contribution in [0.4, 0.5) is 0 Å². The van der Waals surface area contributed by atoms with Crippen LogP contribution in [0.2, 0.25) is 0 Å². The van der Waals surface area contributed by atoms with Gasteiger partial charge in [-0.15, -0.1) is 17.0 Å². The van der Waals surface area contributed by atoms with Gasteiger partial charge in [-0.2, -0.15) is 0 Å². The van der Waals surface area contributed by atoms with E-state index < -0.39 is 0 Å². The minimum absolute atomic E-state index is 0. The zero-order chi connectivity index (χ0) is 11.1. The molecule has 0 radical (unpaired) electrons. The van der Waals surface area contributed by atoms with Gasteiger partial charge in [0.25, 0.3) is 0 Å². The predicted octanol–water partition coefficient (Wildman–Crippen LogP) is 0.501. The van der Waals surface area contributed by atoms with Gasteiger partial charge in [0.15, 0.2) is 5.96 Å². The number of nitrogens with zero attached hydrogens (tertiary/aromatic N) is 2. The minimum atomic E-state index is 0. The van der Waals surface area contributed by atoms with Crippen LogP contribution in [0, 0.1) is 0 Å². The molecule has 3 N–H and O–H groups in total. The van der Waals surface area contributed by atoms with E-state index in [1.807, 2.05) is 4.90 Å². The molecule has 94 valence electrons. The van der Waals surface area contributed by atoms with E-state index in [2.05, 4.69) is 10.3 Å². The molecule has 1 heterocycles. The molecule has 6 heteroatoms. The Balaban J connectivity index is 0.00000225. The number of amides is 1. The number of rotatable bonds is 3. The lowest BCUT2D eigenvalue weighted by molar-refractivity contribution is -0.131. The summed E-state index contributed by atoms with van der Waals surface area (Å²) in [7, 11) is 1.62. The van der Waals surface area contributed by atoms with Crippen molar-refractivity contribution in [1.82, 2.24) is 10.2 Å². The number of likely N-dealkylation sites (tertiary alicyclic amines) is 1. The van der Waals surface area contributed by atoms with E-state index in [-0.39, 0.29) is 22.9 Å². The second kappa shape index (κ2) is 8.38. The Hall–Kier alpha value is -0.780. The van der Waals surface area contributed by atoms with Crippen LogP contribution in [0.1, 0.15) is 25.7 Å². The van der Waals surface area contributed by atoms with Crippen molar-refractivity contribution in [3.8, 4) is 0 Å². The quantitative estimate of drug-likeness (QED) is 0.588. The first-order valence-electron chi connectivity index (χ1n) is 5.48. The zero-order valence-corrected chi connectivity index (χ0v) is 11.5. The lowest BCUT2D eigenvalue weighted by Crippen LogP contribution is -2.39. The Morgan fingerprint density at radius 2 is 2.00 bits per heavy atom. The second-order valence-corrected chi connectivity index (χ2v) is 3.73. The van der Waals surface area contributed by atoms with E-state index in [1.165, 1.54) is 6.42 Å². The molecular weight excluding hydrogens is 272 g/mol. The van der Waals surface area contributed by atoms with Gasteiger partial charge in [-0.1, -0.05) is 0 Å². The summed E-state index contributed by atoms with van der Waals surface area (Å²) in [4.78, 5) is 17.4. The average molecular weight is 293 g/mol. The molecule has 1 rings (SSSR count). The molecule has 0 spiro atoms. The molecule has 0 atom stereocenters. The standard InChI is InChI=1S/C10H20N4O.BrH/c1-12-10(11)13-6-5-9(15)14-7-3-2-4-8-14;/h2-8H2,1H3,(H3,11,12,13);1H. The first-order valence-corrected chi connectivity index (χ1v) is 5.48. The number of guanidine groups is 1. The van der Waals surface area contributed by atoms with Gasteiger partial charge in [0.1, 0.15) is 0 Å². The molecule has 1 amide bonds. The fourth-order valence-electron chi connectivity index (χ4n) is 1.68. The summed E-state index contributed by atoms with van der Waals surface area (Å²) in [5, 5.41) is 2.88. The maximum Gasteiger partial charge on any atom is 0.224 e. The fourth-order valence-corrected chi connectivity index (χ4v) is 1.68. The fraction of sp³-hybridized carbons (Fsp3) is 0.800. The van der Waals surface area contributed by atoms with Gasteiger partial charge in [0.05, 0.1) is 0 Å². The molecule has 16 heavy (non-hydrogen) atoms. The zero-order valence-electron chi connectivity index (χ0n) is 9.74. The number of hydrogen-bond acceptors (Lipinski definition) is 2. The normalized spacial score (nSPS) is 16.6. The van der Waals surface area contributed by atoms with Crippen LogP contribution >= 0.6 is 17.0 Å². The summed E-state index contributed by atoms with van der Waals surface area (Å²) in [6.07, 6.45) is 4.02. The Labute approximate surface area is 107 Å². The molecule has 0 unspecified atom stereocenters. The van der Waals surface area contributed by atoms with E-state index >= 15 is 0 Å². The minimum Gasteiger partial charge on any atom is -0.370 e. The molecule has 0 bridgehead atoms. The van der Waals surface area contributed by atoms with E-state index in [1.54, 1.807) is 7.05 Å². The van der Waals surface area contributed by atoms with Crippen LogP contribution in [-0.4, -0.2) is 43.4 Å². The second-order valence-electron chi connectivity index (χ2n) is 3.73. The van der Waals surface area contributed by atoms with Gasteiger partial charge in [-0.25, -0.2) is 0 Å². The smallest absolute Gasteiger partial charge is 0.224 e. The summed E-state index contributed by atoms with van der Waals surface area (Å²) in [5.41, 5.74) is 5.45. The number of piperidine rings is 1. The van der Waals surface area contributed by atoms with Crippen LogP contribution in [-0.2, 0) is 4.79 Å². The number of halogens is 1. The lowest BCUT2D eigenvalue weighted by atomic mass is 10.1. The van der Waals surface area contributed by atoms with Crippen molar-refractivity contribution in [2.45, 2.75) is 25.7 Å². The summed E-state index contributed by atoms with van der Waals surface area (Å²) >= 11 is 0. The van der Waals surface area contributed by atoms with Crippen LogP contribution < -0.4 is 11.1 Å². The van der Waals surface area contributed by atoms with Gasteiger partial charge in [0.2, 0.25) is 5.91 Å². The highest BCUT2D eigenvalue weighted by Crippen LogP contribution is 2.09. The third-order valence-electron chi connectivity index (χ3n) is 2.59. The Morgan fingerprint density at radius 3 is 2.56 bits per heavy atom. The molecule has 1 aliphatic rings. The third-order valence-corrected chi connectivity index (χ3v) is 2.59. The van der Waals surface area contributed by atoms with Gasteiger partial charge >= 0.3 is 0 Å². The molecule has 1 fully saturated rings.